The normalized spacial score (nSPS) is 10.7. The van der Waals surface area contributed by atoms with E-state index in [9.17, 15) is 18.0 Å². The summed E-state index contributed by atoms with van der Waals surface area (Å²) in [6, 6.07) is 10.1. The molecule has 0 aliphatic heterocycles. The maximum atomic E-state index is 12.5. The molecule has 8 nitrogen and oxygen atoms in total. The first-order valence-electron chi connectivity index (χ1n) is 7.85. The van der Waals surface area contributed by atoms with Crippen LogP contribution in [0.15, 0.2) is 59.5 Å². The summed E-state index contributed by atoms with van der Waals surface area (Å²) >= 11 is 0. The molecular weight excluding hydrogens is 368 g/mol. The number of carbonyl (C=O) groups excluding carboxylic acids is 2. The summed E-state index contributed by atoms with van der Waals surface area (Å²) in [5, 5.41) is 5.12. The maximum absolute atomic E-state index is 12.5. The molecule has 0 spiro atoms. The van der Waals surface area contributed by atoms with E-state index in [1.807, 2.05) is 0 Å². The van der Waals surface area contributed by atoms with E-state index in [0.717, 1.165) is 0 Å². The maximum Gasteiger partial charge on any atom is 0.261 e. The van der Waals surface area contributed by atoms with E-state index >= 15 is 0 Å². The first-order chi connectivity index (χ1) is 12.6. The van der Waals surface area contributed by atoms with E-state index in [2.05, 4.69) is 21.9 Å². The second kappa shape index (κ2) is 7.92. The van der Waals surface area contributed by atoms with Gasteiger partial charge in [0.2, 0.25) is 5.91 Å². The van der Waals surface area contributed by atoms with Gasteiger partial charge in [-0.15, -0.1) is 0 Å². The van der Waals surface area contributed by atoms with Gasteiger partial charge in [0.25, 0.3) is 15.9 Å². The van der Waals surface area contributed by atoms with Crippen LogP contribution in [0.4, 0.5) is 22.7 Å². The Labute approximate surface area is 157 Å². The largest absolute Gasteiger partial charge is 0.397 e. The van der Waals surface area contributed by atoms with Gasteiger partial charge >= 0.3 is 0 Å². The Hall–Kier alpha value is -3.33. The summed E-state index contributed by atoms with van der Waals surface area (Å²) in [7, 11) is -3.87. The number of nitrogen functional groups attached to an aromatic ring is 1. The topological polar surface area (TPSA) is 130 Å². The number of hydrogen-bond donors (Lipinski definition) is 4. The predicted molar refractivity (Wildman–Crippen MR) is 106 cm³/mol. The number of carbonyl (C=O) groups is 2. The molecule has 0 heterocycles. The molecule has 0 aliphatic carbocycles. The van der Waals surface area contributed by atoms with Crippen LogP contribution >= 0.6 is 0 Å². The van der Waals surface area contributed by atoms with E-state index in [0.29, 0.717) is 11.3 Å². The Morgan fingerprint density at radius 2 is 1.56 bits per heavy atom. The van der Waals surface area contributed by atoms with Crippen LogP contribution in [-0.2, 0) is 19.6 Å². The molecule has 9 heteroatoms. The number of sulfonamides is 1. The monoisotopic (exact) mass is 388 g/mol. The molecule has 0 radical (unpaired) electrons. The number of amides is 2. The molecule has 0 bridgehead atoms. The zero-order valence-electron chi connectivity index (χ0n) is 14.9. The van der Waals surface area contributed by atoms with Crippen LogP contribution < -0.4 is 21.1 Å². The van der Waals surface area contributed by atoms with Gasteiger partial charge < -0.3 is 16.4 Å². The Morgan fingerprint density at radius 1 is 0.963 bits per heavy atom. The van der Waals surface area contributed by atoms with E-state index in [1.54, 1.807) is 6.92 Å². The molecule has 0 atom stereocenters. The summed E-state index contributed by atoms with van der Waals surface area (Å²) in [6.07, 6.45) is 0. The molecule has 2 aromatic rings. The van der Waals surface area contributed by atoms with Gasteiger partial charge in [-0.2, -0.15) is 0 Å². The lowest BCUT2D eigenvalue weighted by Gasteiger charge is -2.13. The van der Waals surface area contributed by atoms with Crippen molar-refractivity contribution in [2.45, 2.75) is 18.7 Å². The number of benzene rings is 2. The van der Waals surface area contributed by atoms with E-state index in [-0.39, 0.29) is 27.9 Å². The van der Waals surface area contributed by atoms with Crippen molar-refractivity contribution in [3.8, 4) is 0 Å². The Bertz CT molecular complexity index is 999. The van der Waals surface area contributed by atoms with Crippen molar-refractivity contribution in [2.24, 2.45) is 0 Å². The number of nitrogens with one attached hydrogen (secondary N) is 3. The van der Waals surface area contributed by atoms with Crippen LogP contribution in [0.5, 0.6) is 0 Å². The Kier molecular flexibility index (Phi) is 5.86. The van der Waals surface area contributed by atoms with Gasteiger partial charge in [-0.3, -0.25) is 14.3 Å². The molecule has 0 aromatic heterocycles. The Morgan fingerprint density at radius 3 is 2.11 bits per heavy atom. The molecule has 142 valence electrons. The van der Waals surface area contributed by atoms with Gasteiger partial charge in [0.05, 0.1) is 22.0 Å². The van der Waals surface area contributed by atoms with E-state index in [1.165, 1.54) is 49.4 Å². The van der Waals surface area contributed by atoms with Gasteiger partial charge in [-0.1, -0.05) is 6.58 Å². The van der Waals surface area contributed by atoms with Crippen LogP contribution in [-0.4, -0.2) is 20.2 Å². The van der Waals surface area contributed by atoms with Crippen molar-refractivity contribution in [2.75, 3.05) is 21.1 Å². The SMILES string of the molecule is C=C(C)C(=O)Nc1cc(NS(=O)(=O)c2ccc(NC(C)=O)cc2)ccc1N. The van der Waals surface area contributed by atoms with Crippen LogP contribution in [0.2, 0.25) is 0 Å². The van der Waals surface area contributed by atoms with Crippen molar-refractivity contribution in [1.82, 2.24) is 0 Å². The number of anilines is 4. The highest BCUT2D eigenvalue weighted by atomic mass is 32.2. The molecule has 0 saturated carbocycles. The van der Waals surface area contributed by atoms with Gasteiger partial charge in [0.1, 0.15) is 0 Å². The summed E-state index contributed by atoms with van der Waals surface area (Å²) in [6.45, 7) is 6.44. The van der Waals surface area contributed by atoms with E-state index in [4.69, 9.17) is 5.73 Å². The zero-order valence-corrected chi connectivity index (χ0v) is 15.7. The highest BCUT2D eigenvalue weighted by molar-refractivity contribution is 7.92. The first-order valence-corrected chi connectivity index (χ1v) is 9.33. The zero-order chi connectivity index (χ0) is 20.2. The molecule has 0 unspecified atom stereocenters. The fraction of sp³-hybridized carbons (Fsp3) is 0.111. The van der Waals surface area contributed by atoms with Gasteiger partial charge in [0.15, 0.2) is 0 Å². The quantitative estimate of drug-likeness (QED) is 0.446. The standard InChI is InChI=1S/C18H20N4O4S/c1-11(2)18(24)21-17-10-14(6-9-16(17)19)22-27(25,26)15-7-4-13(5-8-15)20-12(3)23/h4-10,22H,1,19H2,2-3H3,(H,20,23)(H,21,24). The molecule has 2 aromatic carbocycles. The molecule has 27 heavy (non-hydrogen) atoms. The molecule has 5 N–H and O–H groups in total. The van der Waals surface area contributed by atoms with Crippen molar-refractivity contribution in [3.05, 3.63) is 54.6 Å². The van der Waals surface area contributed by atoms with Crippen molar-refractivity contribution in [1.29, 1.82) is 0 Å². The molecular formula is C18H20N4O4S. The van der Waals surface area contributed by atoms with E-state index < -0.39 is 15.9 Å². The molecule has 0 saturated heterocycles. The molecule has 0 fully saturated rings. The summed E-state index contributed by atoms with van der Waals surface area (Å²) < 4.78 is 27.5. The molecule has 2 amide bonds. The fourth-order valence-electron chi connectivity index (χ4n) is 2.09. The molecule has 0 aliphatic rings. The van der Waals surface area contributed by atoms with Gasteiger partial charge in [0, 0.05) is 18.2 Å². The van der Waals surface area contributed by atoms with Gasteiger partial charge in [-0.25, -0.2) is 8.42 Å². The van der Waals surface area contributed by atoms with Crippen molar-refractivity contribution >= 4 is 44.6 Å². The second-order valence-corrected chi connectivity index (χ2v) is 7.53. The predicted octanol–water partition coefficient (Wildman–Crippen LogP) is 2.54. The lowest BCUT2D eigenvalue weighted by atomic mass is 10.2. The van der Waals surface area contributed by atoms with Crippen molar-refractivity contribution < 1.29 is 18.0 Å². The van der Waals surface area contributed by atoms with Crippen LogP contribution in [0.25, 0.3) is 0 Å². The summed E-state index contributed by atoms with van der Waals surface area (Å²) in [5.41, 5.74) is 7.37. The van der Waals surface area contributed by atoms with Crippen LogP contribution in [0.3, 0.4) is 0 Å². The lowest BCUT2D eigenvalue weighted by molar-refractivity contribution is -0.114. The third-order valence-corrected chi connectivity index (χ3v) is 4.82. The lowest BCUT2D eigenvalue weighted by Crippen LogP contribution is -2.15. The second-order valence-electron chi connectivity index (χ2n) is 5.85. The third kappa shape index (κ3) is 5.32. The number of hydrogen-bond acceptors (Lipinski definition) is 5. The number of rotatable bonds is 6. The minimum absolute atomic E-state index is 0.0148. The summed E-state index contributed by atoms with van der Waals surface area (Å²) in [4.78, 5) is 22.8. The average molecular weight is 388 g/mol. The minimum Gasteiger partial charge on any atom is -0.397 e. The Balaban J connectivity index is 2.23. The first kappa shape index (κ1) is 20.0. The molecule has 2 rings (SSSR count). The third-order valence-electron chi connectivity index (χ3n) is 3.43. The van der Waals surface area contributed by atoms with Gasteiger partial charge in [-0.05, 0) is 49.4 Å². The highest BCUT2D eigenvalue weighted by Gasteiger charge is 2.15. The fourth-order valence-corrected chi connectivity index (χ4v) is 3.14. The average Bonchev–Trinajstić information content (AvgIpc) is 2.57. The number of nitrogens with two attached hydrogens (primary N) is 1. The highest BCUT2D eigenvalue weighted by Crippen LogP contribution is 2.25. The van der Waals surface area contributed by atoms with Crippen molar-refractivity contribution in [3.63, 3.8) is 0 Å². The van der Waals surface area contributed by atoms with Crippen LogP contribution in [0.1, 0.15) is 13.8 Å². The van der Waals surface area contributed by atoms with Crippen LogP contribution in [0, 0.1) is 0 Å². The minimum atomic E-state index is -3.87. The summed E-state index contributed by atoms with van der Waals surface area (Å²) in [5.74, 6) is -0.676. The smallest absolute Gasteiger partial charge is 0.261 e.